The Labute approximate surface area is 206 Å². The summed E-state index contributed by atoms with van der Waals surface area (Å²) in [6.45, 7) is 3.96. The highest BCUT2D eigenvalue weighted by molar-refractivity contribution is 5.96. The lowest BCUT2D eigenvalue weighted by atomic mass is 10.1. The number of halogens is 1. The van der Waals surface area contributed by atoms with Crippen LogP contribution in [-0.4, -0.2) is 65.0 Å². The Morgan fingerprint density at radius 3 is 2.61 bits per heavy atom. The van der Waals surface area contributed by atoms with Gasteiger partial charge < -0.3 is 9.64 Å². The number of nitrogens with zero attached hydrogens (tertiary/aromatic N) is 6. The van der Waals surface area contributed by atoms with E-state index in [0.717, 1.165) is 54.9 Å². The van der Waals surface area contributed by atoms with E-state index in [9.17, 15) is 19.3 Å². The van der Waals surface area contributed by atoms with Gasteiger partial charge in [-0.1, -0.05) is 0 Å². The predicted molar refractivity (Wildman–Crippen MR) is 132 cm³/mol. The molecule has 0 spiro atoms. The number of nitro groups is 1. The monoisotopic (exact) mass is 495 g/mol. The van der Waals surface area contributed by atoms with E-state index >= 15 is 0 Å². The van der Waals surface area contributed by atoms with Gasteiger partial charge in [0, 0.05) is 51.0 Å². The molecule has 0 saturated carbocycles. The fourth-order valence-electron chi connectivity index (χ4n) is 4.05. The summed E-state index contributed by atoms with van der Waals surface area (Å²) in [5.41, 5.74) is 4.28. The number of methoxy groups -OCH3 is 1. The number of piperazine rings is 1. The number of aromatic nitrogens is 2. The van der Waals surface area contributed by atoms with Gasteiger partial charge in [0.2, 0.25) is 5.69 Å². The molecule has 1 fully saturated rings. The van der Waals surface area contributed by atoms with Gasteiger partial charge in [0.05, 0.1) is 18.2 Å². The molecule has 4 rings (SSSR count). The number of anilines is 1. The van der Waals surface area contributed by atoms with Crippen LogP contribution in [-0.2, 0) is 13.6 Å². The largest absolute Gasteiger partial charge is 0.496 e. The van der Waals surface area contributed by atoms with Crippen molar-refractivity contribution in [2.45, 2.75) is 6.54 Å². The van der Waals surface area contributed by atoms with Crippen LogP contribution >= 0.6 is 0 Å². The normalized spacial score (nSPS) is 14.2. The van der Waals surface area contributed by atoms with E-state index in [-0.39, 0.29) is 11.5 Å². The Hall–Kier alpha value is -4.32. The van der Waals surface area contributed by atoms with Crippen LogP contribution in [0.5, 0.6) is 5.75 Å². The average Bonchev–Trinajstić information content (AvgIpc) is 3.27. The Balaban J connectivity index is 1.38. The minimum atomic E-state index is -0.772. The van der Waals surface area contributed by atoms with Crippen LogP contribution in [0.15, 0.2) is 53.8 Å². The van der Waals surface area contributed by atoms with Crippen LogP contribution in [0.4, 0.5) is 15.8 Å². The molecule has 2 aromatic carbocycles. The Kier molecular flexibility index (Phi) is 7.54. The highest BCUT2D eigenvalue weighted by atomic mass is 19.1. The van der Waals surface area contributed by atoms with Gasteiger partial charge in [0.1, 0.15) is 17.8 Å². The number of hydrogen-bond acceptors (Lipinski definition) is 8. The minimum absolute atomic E-state index is 0.245. The number of benzene rings is 2. The van der Waals surface area contributed by atoms with Crippen molar-refractivity contribution >= 4 is 23.5 Å². The van der Waals surface area contributed by atoms with Crippen molar-refractivity contribution in [1.29, 1.82) is 0 Å². The van der Waals surface area contributed by atoms with Gasteiger partial charge in [0.15, 0.2) is 0 Å². The van der Waals surface area contributed by atoms with Crippen molar-refractivity contribution in [3.63, 3.8) is 0 Å². The summed E-state index contributed by atoms with van der Waals surface area (Å²) in [6.07, 6.45) is 2.62. The molecule has 11 nitrogen and oxygen atoms in total. The number of hydrazone groups is 1. The van der Waals surface area contributed by atoms with Crippen LogP contribution in [0.25, 0.3) is 0 Å². The van der Waals surface area contributed by atoms with Gasteiger partial charge in [-0.15, -0.1) is 0 Å². The van der Waals surface area contributed by atoms with Gasteiger partial charge in [-0.3, -0.25) is 24.5 Å². The fourth-order valence-corrected chi connectivity index (χ4v) is 4.05. The SMILES string of the molecule is COc1ccc(/C=N/NC(=O)c2nn(C)cc2[N+](=O)[O-])cc1CN1CCN(c2ccc(F)cc2)CC1. The summed E-state index contributed by atoms with van der Waals surface area (Å²) in [6, 6.07) is 12.1. The lowest BCUT2D eigenvalue weighted by Gasteiger charge is -2.36. The quantitative estimate of drug-likeness (QED) is 0.290. The van der Waals surface area contributed by atoms with Crippen LogP contribution in [0.3, 0.4) is 0 Å². The van der Waals surface area contributed by atoms with Gasteiger partial charge in [0.25, 0.3) is 5.91 Å². The molecule has 1 amide bonds. The number of hydrogen-bond donors (Lipinski definition) is 1. The van der Waals surface area contributed by atoms with Crippen molar-refractivity contribution in [3.8, 4) is 5.75 Å². The van der Waals surface area contributed by atoms with E-state index in [1.165, 1.54) is 30.1 Å². The molecule has 1 saturated heterocycles. The Morgan fingerprint density at radius 2 is 1.94 bits per heavy atom. The number of carbonyl (C=O) groups excluding carboxylic acids is 1. The predicted octanol–water partition coefficient (Wildman–Crippen LogP) is 2.56. The molecule has 36 heavy (non-hydrogen) atoms. The number of rotatable bonds is 8. The summed E-state index contributed by atoms with van der Waals surface area (Å²) in [7, 11) is 3.10. The molecule has 1 N–H and O–H groups in total. The molecule has 188 valence electrons. The number of aryl methyl sites for hydroxylation is 1. The third-order valence-electron chi connectivity index (χ3n) is 5.86. The van der Waals surface area contributed by atoms with Crippen LogP contribution in [0.2, 0.25) is 0 Å². The zero-order valence-electron chi connectivity index (χ0n) is 19.9. The molecule has 3 aromatic rings. The number of amides is 1. The third-order valence-corrected chi connectivity index (χ3v) is 5.86. The number of carbonyl (C=O) groups is 1. The highest BCUT2D eigenvalue weighted by Gasteiger charge is 2.24. The van der Waals surface area contributed by atoms with Crippen molar-refractivity contribution in [1.82, 2.24) is 20.1 Å². The third kappa shape index (κ3) is 5.84. The summed E-state index contributed by atoms with van der Waals surface area (Å²) >= 11 is 0. The van der Waals surface area contributed by atoms with Crippen molar-refractivity contribution in [3.05, 3.63) is 81.4 Å². The first-order valence-electron chi connectivity index (χ1n) is 11.3. The van der Waals surface area contributed by atoms with Crippen LogP contribution < -0.4 is 15.1 Å². The first-order valence-corrected chi connectivity index (χ1v) is 11.3. The summed E-state index contributed by atoms with van der Waals surface area (Å²) in [5, 5.41) is 18.9. The molecule has 0 radical (unpaired) electrons. The summed E-state index contributed by atoms with van der Waals surface area (Å²) in [4.78, 5) is 27.3. The van der Waals surface area contributed by atoms with Crippen molar-refractivity contribution < 1.29 is 18.8 Å². The van der Waals surface area contributed by atoms with Crippen LogP contribution in [0.1, 0.15) is 21.6 Å². The maximum atomic E-state index is 13.2. The number of nitrogens with one attached hydrogen (secondary N) is 1. The van der Waals surface area contributed by atoms with Gasteiger partial charge in [-0.05, 0) is 48.0 Å². The second-order valence-corrected chi connectivity index (χ2v) is 8.30. The van der Waals surface area contributed by atoms with E-state index in [1.54, 1.807) is 25.3 Å². The Bertz CT molecular complexity index is 1270. The van der Waals surface area contributed by atoms with Gasteiger partial charge in [-0.2, -0.15) is 10.2 Å². The van der Waals surface area contributed by atoms with Gasteiger partial charge >= 0.3 is 5.69 Å². The summed E-state index contributed by atoms with van der Waals surface area (Å²) in [5.74, 6) is -0.280. The molecule has 0 atom stereocenters. The average molecular weight is 496 g/mol. The van der Waals surface area contributed by atoms with Crippen molar-refractivity contribution in [2.75, 3.05) is 38.2 Å². The maximum absolute atomic E-state index is 13.2. The fraction of sp³-hybridized carbons (Fsp3) is 0.292. The first kappa shape index (κ1) is 24.8. The molecule has 12 heteroatoms. The smallest absolute Gasteiger partial charge is 0.320 e. The van der Waals surface area contributed by atoms with E-state index < -0.39 is 16.5 Å². The molecule has 0 aliphatic carbocycles. The summed E-state index contributed by atoms with van der Waals surface area (Å²) < 4.78 is 19.9. The standard InChI is InChI=1S/C24H26FN7O4/c1-29-16-21(32(34)35)23(28-29)24(33)27-26-14-17-3-8-22(36-2)18(13-17)15-30-9-11-31(12-10-30)20-6-4-19(25)5-7-20/h3-8,13-14,16H,9-12,15H2,1-2H3,(H,27,33)/b26-14+. The van der Waals surface area contributed by atoms with E-state index in [1.807, 2.05) is 12.1 Å². The van der Waals surface area contributed by atoms with Crippen molar-refractivity contribution in [2.24, 2.45) is 12.1 Å². The molecule has 1 aromatic heterocycles. The zero-order chi connectivity index (χ0) is 25.7. The first-order chi connectivity index (χ1) is 17.3. The van der Waals surface area contributed by atoms with Gasteiger partial charge in [-0.25, -0.2) is 9.82 Å². The lowest BCUT2D eigenvalue weighted by Crippen LogP contribution is -2.46. The molecule has 0 bridgehead atoms. The molecular formula is C24H26FN7O4. The van der Waals surface area contributed by atoms with E-state index in [4.69, 9.17) is 4.74 Å². The Morgan fingerprint density at radius 1 is 1.22 bits per heavy atom. The zero-order valence-corrected chi connectivity index (χ0v) is 19.9. The molecule has 0 unspecified atom stereocenters. The highest BCUT2D eigenvalue weighted by Crippen LogP contribution is 2.23. The second-order valence-electron chi connectivity index (χ2n) is 8.30. The van der Waals surface area contributed by atoms with Crippen LogP contribution in [0, 0.1) is 15.9 Å². The molecular weight excluding hydrogens is 469 g/mol. The topological polar surface area (TPSA) is 118 Å². The molecule has 2 heterocycles. The van der Waals surface area contributed by atoms with E-state index in [0.29, 0.717) is 6.54 Å². The minimum Gasteiger partial charge on any atom is -0.496 e. The second kappa shape index (κ2) is 11.0. The lowest BCUT2D eigenvalue weighted by molar-refractivity contribution is -0.385. The van der Waals surface area contributed by atoms with E-state index in [2.05, 4.69) is 25.4 Å². The maximum Gasteiger partial charge on any atom is 0.320 e. The molecule has 1 aliphatic heterocycles. The number of ether oxygens (including phenoxy) is 1. The molecule has 1 aliphatic rings.